The molecule has 0 spiro atoms. The number of halogens is 1. The number of hydrogen-bond donors (Lipinski definition) is 1. The molecule has 1 aromatic carbocycles. The summed E-state index contributed by atoms with van der Waals surface area (Å²) in [6.07, 6.45) is 0. The van der Waals surface area contributed by atoms with E-state index < -0.39 is 0 Å². The first kappa shape index (κ1) is 11.3. The molecule has 0 bridgehead atoms. The van der Waals surface area contributed by atoms with Gasteiger partial charge in [-0.1, -0.05) is 24.6 Å². The molecule has 0 amide bonds. The van der Waals surface area contributed by atoms with Crippen molar-refractivity contribution in [3.63, 3.8) is 0 Å². The van der Waals surface area contributed by atoms with Crippen molar-refractivity contribution in [2.24, 2.45) is 5.90 Å². The van der Waals surface area contributed by atoms with Crippen LogP contribution >= 0.6 is 11.6 Å². The van der Waals surface area contributed by atoms with Crippen LogP contribution < -0.4 is 10.6 Å². The average molecular weight is 216 g/mol. The fourth-order valence-corrected chi connectivity index (χ4v) is 1.75. The van der Waals surface area contributed by atoms with Crippen molar-refractivity contribution < 1.29 is 9.57 Å². The first-order chi connectivity index (χ1) is 6.70. The Morgan fingerprint density at radius 1 is 1.50 bits per heavy atom. The zero-order valence-electron chi connectivity index (χ0n) is 8.29. The number of benzene rings is 1. The lowest BCUT2D eigenvalue weighted by atomic mass is 10.0. The highest BCUT2D eigenvalue weighted by Gasteiger charge is 2.14. The first-order valence-corrected chi connectivity index (χ1v) is 4.72. The highest BCUT2D eigenvalue weighted by molar-refractivity contribution is 6.31. The second-order valence-corrected chi connectivity index (χ2v) is 3.50. The lowest BCUT2D eigenvalue weighted by Crippen LogP contribution is -2.10. The molecule has 2 N–H and O–H groups in total. The van der Waals surface area contributed by atoms with E-state index in [1.165, 1.54) is 0 Å². The largest absolute Gasteiger partial charge is 0.496 e. The Morgan fingerprint density at radius 2 is 2.21 bits per heavy atom. The molecule has 0 aliphatic carbocycles. The summed E-state index contributed by atoms with van der Waals surface area (Å²) in [7, 11) is 1.62. The smallest absolute Gasteiger partial charge is 0.123 e. The van der Waals surface area contributed by atoms with Crippen molar-refractivity contribution >= 4 is 11.6 Å². The molecule has 0 radical (unpaired) electrons. The monoisotopic (exact) mass is 215 g/mol. The summed E-state index contributed by atoms with van der Waals surface area (Å²) in [5.74, 6) is 5.90. The van der Waals surface area contributed by atoms with Gasteiger partial charge < -0.3 is 9.57 Å². The lowest BCUT2D eigenvalue weighted by molar-refractivity contribution is 0.126. The molecule has 78 valence electrons. The van der Waals surface area contributed by atoms with E-state index in [1.54, 1.807) is 7.11 Å². The normalized spacial score (nSPS) is 12.6. The number of ether oxygens (including phenoxy) is 1. The van der Waals surface area contributed by atoms with Crippen LogP contribution in [-0.4, -0.2) is 13.7 Å². The average Bonchev–Trinajstić information content (AvgIpc) is 2.17. The maximum atomic E-state index is 6.06. The maximum absolute atomic E-state index is 6.06. The molecule has 3 nitrogen and oxygen atoms in total. The third kappa shape index (κ3) is 2.38. The summed E-state index contributed by atoms with van der Waals surface area (Å²) in [4.78, 5) is 4.60. The molecule has 14 heavy (non-hydrogen) atoms. The van der Waals surface area contributed by atoms with E-state index >= 15 is 0 Å². The van der Waals surface area contributed by atoms with Gasteiger partial charge in [0.25, 0.3) is 0 Å². The van der Waals surface area contributed by atoms with Gasteiger partial charge in [0.1, 0.15) is 5.75 Å². The van der Waals surface area contributed by atoms with Crippen LogP contribution in [0.4, 0.5) is 0 Å². The molecule has 0 fully saturated rings. The summed E-state index contributed by atoms with van der Waals surface area (Å²) in [6, 6.07) is 5.54. The van der Waals surface area contributed by atoms with Crippen molar-refractivity contribution in [2.75, 3.05) is 13.7 Å². The van der Waals surface area contributed by atoms with Crippen molar-refractivity contribution in [2.45, 2.75) is 12.8 Å². The Balaban J connectivity index is 3.03. The molecular weight excluding hydrogens is 202 g/mol. The van der Waals surface area contributed by atoms with Gasteiger partial charge in [-0.25, -0.2) is 5.90 Å². The van der Waals surface area contributed by atoms with Gasteiger partial charge in [-0.2, -0.15) is 0 Å². The Hall–Kier alpha value is -0.770. The molecular formula is C10H14ClNO2. The van der Waals surface area contributed by atoms with Crippen molar-refractivity contribution in [1.82, 2.24) is 0 Å². The van der Waals surface area contributed by atoms with E-state index in [9.17, 15) is 0 Å². The van der Waals surface area contributed by atoms with E-state index in [4.69, 9.17) is 22.2 Å². The molecule has 1 rings (SSSR count). The minimum atomic E-state index is 0.114. The van der Waals surface area contributed by atoms with Gasteiger partial charge in [0.05, 0.1) is 13.7 Å². The predicted molar refractivity (Wildman–Crippen MR) is 56.6 cm³/mol. The van der Waals surface area contributed by atoms with Gasteiger partial charge in [0, 0.05) is 16.5 Å². The minimum absolute atomic E-state index is 0.114. The summed E-state index contributed by atoms with van der Waals surface area (Å²) in [5.41, 5.74) is 0.933. The van der Waals surface area contributed by atoms with Gasteiger partial charge in [-0.05, 0) is 12.1 Å². The van der Waals surface area contributed by atoms with E-state index in [0.29, 0.717) is 11.6 Å². The third-order valence-electron chi connectivity index (χ3n) is 2.07. The first-order valence-electron chi connectivity index (χ1n) is 4.34. The van der Waals surface area contributed by atoms with Gasteiger partial charge in [-0.15, -0.1) is 0 Å². The van der Waals surface area contributed by atoms with Crippen molar-refractivity contribution in [1.29, 1.82) is 0 Å². The van der Waals surface area contributed by atoms with Gasteiger partial charge in [0.2, 0.25) is 0 Å². The van der Waals surface area contributed by atoms with Crippen LogP contribution in [-0.2, 0) is 4.84 Å². The zero-order chi connectivity index (χ0) is 10.6. The number of methoxy groups -OCH3 is 1. The molecule has 0 saturated heterocycles. The number of hydrogen-bond acceptors (Lipinski definition) is 3. The van der Waals surface area contributed by atoms with Crippen LogP contribution in [0.3, 0.4) is 0 Å². The topological polar surface area (TPSA) is 44.5 Å². The highest BCUT2D eigenvalue weighted by atomic mass is 35.5. The van der Waals surface area contributed by atoms with Crippen LogP contribution in [0.5, 0.6) is 5.75 Å². The Morgan fingerprint density at radius 3 is 2.79 bits per heavy atom. The van der Waals surface area contributed by atoms with Crippen LogP contribution in [0.1, 0.15) is 18.4 Å². The molecule has 1 aromatic rings. The molecule has 1 unspecified atom stereocenters. The molecule has 0 aliphatic rings. The summed E-state index contributed by atoms with van der Waals surface area (Å²) in [6.45, 7) is 2.40. The fraction of sp³-hybridized carbons (Fsp3) is 0.400. The van der Waals surface area contributed by atoms with E-state index in [2.05, 4.69) is 4.84 Å². The zero-order valence-corrected chi connectivity index (χ0v) is 9.04. The second kappa shape index (κ2) is 5.20. The van der Waals surface area contributed by atoms with Gasteiger partial charge in [-0.3, -0.25) is 0 Å². The summed E-state index contributed by atoms with van der Waals surface area (Å²) < 4.78 is 5.21. The number of nitrogens with two attached hydrogens (primary N) is 1. The maximum Gasteiger partial charge on any atom is 0.123 e. The molecule has 1 atom stereocenters. The molecule has 0 aromatic heterocycles. The SMILES string of the molecule is COc1cccc(Cl)c1C(C)CON. The molecule has 0 heterocycles. The van der Waals surface area contributed by atoms with Crippen molar-refractivity contribution in [3.8, 4) is 5.75 Å². The second-order valence-electron chi connectivity index (χ2n) is 3.09. The molecule has 0 saturated carbocycles. The Kier molecular flexibility index (Phi) is 4.20. The Labute approximate surface area is 88.7 Å². The van der Waals surface area contributed by atoms with Gasteiger partial charge in [0.15, 0.2) is 0 Å². The van der Waals surface area contributed by atoms with Crippen LogP contribution in [0.25, 0.3) is 0 Å². The summed E-state index contributed by atoms with van der Waals surface area (Å²) >= 11 is 6.06. The standard InChI is InChI=1S/C10H14ClNO2/c1-7(6-14-12)10-8(11)4-3-5-9(10)13-2/h3-5,7H,6,12H2,1-2H3. The predicted octanol–water partition coefficient (Wildman–Crippen LogP) is 2.34. The van der Waals surface area contributed by atoms with Crippen molar-refractivity contribution in [3.05, 3.63) is 28.8 Å². The van der Waals surface area contributed by atoms with E-state index in [-0.39, 0.29) is 5.92 Å². The quantitative estimate of drug-likeness (QED) is 0.785. The van der Waals surface area contributed by atoms with Crippen LogP contribution in [0.2, 0.25) is 5.02 Å². The summed E-state index contributed by atoms with van der Waals surface area (Å²) in [5, 5.41) is 0.675. The fourth-order valence-electron chi connectivity index (χ4n) is 1.40. The minimum Gasteiger partial charge on any atom is -0.496 e. The van der Waals surface area contributed by atoms with E-state index in [1.807, 2.05) is 25.1 Å². The molecule has 4 heteroatoms. The third-order valence-corrected chi connectivity index (χ3v) is 2.40. The van der Waals surface area contributed by atoms with Gasteiger partial charge >= 0.3 is 0 Å². The van der Waals surface area contributed by atoms with Crippen LogP contribution in [0, 0.1) is 0 Å². The van der Waals surface area contributed by atoms with E-state index in [0.717, 1.165) is 11.3 Å². The lowest BCUT2D eigenvalue weighted by Gasteiger charge is -2.15. The molecule has 0 aliphatic heterocycles. The number of rotatable bonds is 4. The Bertz CT molecular complexity index is 304. The van der Waals surface area contributed by atoms with Crippen LogP contribution in [0.15, 0.2) is 18.2 Å². The highest BCUT2D eigenvalue weighted by Crippen LogP contribution is 2.32.